The maximum atomic E-state index is 9.94. The van der Waals surface area contributed by atoms with Crippen LogP contribution in [0.3, 0.4) is 0 Å². The van der Waals surface area contributed by atoms with E-state index in [1.54, 1.807) is 12.1 Å². The average molecular weight is 306 g/mol. The molecule has 1 heterocycles. The van der Waals surface area contributed by atoms with E-state index < -0.39 is 0 Å². The summed E-state index contributed by atoms with van der Waals surface area (Å²) in [5.41, 5.74) is 0.951. The van der Waals surface area contributed by atoms with Gasteiger partial charge in [0, 0.05) is 6.42 Å². The Bertz CT molecular complexity index is 498. The van der Waals surface area contributed by atoms with E-state index in [4.69, 9.17) is 9.47 Å². The molecule has 122 valence electrons. The van der Waals surface area contributed by atoms with Gasteiger partial charge in [-0.1, -0.05) is 44.4 Å². The summed E-state index contributed by atoms with van der Waals surface area (Å²) in [6.07, 6.45) is 8.90. The monoisotopic (exact) mass is 306 g/mol. The van der Waals surface area contributed by atoms with Crippen LogP contribution in [0, 0.1) is 0 Å². The summed E-state index contributed by atoms with van der Waals surface area (Å²) in [6.45, 7) is 2.16. The largest absolute Gasteiger partial charge is 0.504 e. The molecule has 3 unspecified atom stereocenters. The minimum atomic E-state index is -0.260. The Hall–Kier alpha value is -1.52. The highest BCUT2D eigenvalue weighted by Crippen LogP contribution is 2.31. The second-order valence-corrected chi connectivity index (χ2v) is 5.81. The highest BCUT2D eigenvalue weighted by Gasteiger charge is 2.37. The number of aliphatic hydroxyl groups is 1. The van der Waals surface area contributed by atoms with Gasteiger partial charge in [0.25, 0.3) is 0 Å². The first-order valence-electron chi connectivity index (χ1n) is 8.02. The first-order valence-corrected chi connectivity index (χ1v) is 8.02. The SMILES string of the molecule is CCCCCC(O)CC1OC1/C=C/c1ccc(O)c(OC)c1. The number of aromatic hydroxyl groups is 1. The van der Waals surface area contributed by atoms with Gasteiger partial charge in [0.15, 0.2) is 11.5 Å². The molecule has 3 atom stereocenters. The molecule has 1 saturated heterocycles. The van der Waals surface area contributed by atoms with Crippen LogP contribution in [0.4, 0.5) is 0 Å². The molecule has 1 aliphatic heterocycles. The third kappa shape index (κ3) is 5.04. The lowest BCUT2D eigenvalue weighted by atomic mass is 10.0. The van der Waals surface area contributed by atoms with E-state index in [1.165, 1.54) is 20.0 Å². The van der Waals surface area contributed by atoms with Crippen molar-refractivity contribution < 1.29 is 19.7 Å². The fourth-order valence-corrected chi connectivity index (χ4v) is 2.54. The lowest BCUT2D eigenvalue weighted by Gasteiger charge is -2.07. The number of phenols is 1. The van der Waals surface area contributed by atoms with Crippen molar-refractivity contribution in [2.75, 3.05) is 7.11 Å². The van der Waals surface area contributed by atoms with Gasteiger partial charge >= 0.3 is 0 Å². The fourth-order valence-electron chi connectivity index (χ4n) is 2.54. The molecule has 0 saturated carbocycles. The maximum Gasteiger partial charge on any atom is 0.161 e. The van der Waals surface area contributed by atoms with Crippen molar-refractivity contribution in [1.29, 1.82) is 0 Å². The van der Waals surface area contributed by atoms with Crippen molar-refractivity contribution in [3.8, 4) is 11.5 Å². The minimum absolute atomic E-state index is 0.0839. The number of aliphatic hydroxyl groups excluding tert-OH is 1. The number of phenolic OH excluding ortho intramolecular Hbond substituents is 1. The van der Waals surface area contributed by atoms with Crippen molar-refractivity contribution in [1.82, 2.24) is 0 Å². The molecule has 0 amide bonds. The first kappa shape index (κ1) is 16.8. The molecule has 0 aromatic heterocycles. The van der Waals surface area contributed by atoms with Crippen molar-refractivity contribution in [2.24, 2.45) is 0 Å². The van der Waals surface area contributed by atoms with Gasteiger partial charge in [0.1, 0.15) is 6.10 Å². The molecule has 0 spiro atoms. The molecule has 2 rings (SSSR count). The third-order valence-corrected chi connectivity index (χ3v) is 3.95. The number of methoxy groups -OCH3 is 1. The normalized spacial score (nSPS) is 22.0. The molecular formula is C18H26O4. The topological polar surface area (TPSA) is 62.2 Å². The van der Waals surface area contributed by atoms with E-state index in [9.17, 15) is 10.2 Å². The molecule has 0 aliphatic carbocycles. The number of rotatable bonds is 9. The minimum Gasteiger partial charge on any atom is -0.504 e. The van der Waals surface area contributed by atoms with Crippen molar-refractivity contribution in [3.63, 3.8) is 0 Å². The van der Waals surface area contributed by atoms with E-state index >= 15 is 0 Å². The van der Waals surface area contributed by atoms with Gasteiger partial charge in [0.05, 0.1) is 19.3 Å². The van der Waals surface area contributed by atoms with Crippen molar-refractivity contribution in [2.45, 2.75) is 57.3 Å². The summed E-state index contributed by atoms with van der Waals surface area (Å²) in [5, 5.41) is 19.5. The predicted molar refractivity (Wildman–Crippen MR) is 87.1 cm³/mol. The van der Waals surface area contributed by atoms with Gasteiger partial charge in [-0.15, -0.1) is 0 Å². The van der Waals surface area contributed by atoms with Crippen LogP contribution in [0.1, 0.15) is 44.6 Å². The average Bonchev–Trinajstić information content (AvgIpc) is 3.24. The van der Waals surface area contributed by atoms with E-state index in [0.717, 1.165) is 18.4 Å². The van der Waals surface area contributed by atoms with Gasteiger partial charge in [-0.05, 0) is 24.1 Å². The molecule has 1 fully saturated rings. The number of hydrogen-bond acceptors (Lipinski definition) is 4. The molecule has 1 aliphatic rings. The molecule has 4 nitrogen and oxygen atoms in total. The third-order valence-electron chi connectivity index (χ3n) is 3.95. The fraction of sp³-hybridized carbons (Fsp3) is 0.556. The molecule has 4 heteroatoms. The van der Waals surface area contributed by atoms with Crippen LogP contribution in [-0.4, -0.2) is 35.6 Å². The summed E-state index contributed by atoms with van der Waals surface area (Å²) in [4.78, 5) is 0. The quantitative estimate of drug-likeness (QED) is 0.541. The van der Waals surface area contributed by atoms with Crippen molar-refractivity contribution in [3.05, 3.63) is 29.8 Å². The van der Waals surface area contributed by atoms with Gasteiger partial charge in [-0.3, -0.25) is 0 Å². The zero-order valence-electron chi connectivity index (χ0n) is 13.4. The van der Waals surface area contributed by atoms with Crippen LogP contribution in [0.15, 0.2) is 24.3 Å². The summed E-state index contributed by atoms with van der Waals surface area (Å²) in [6, 6.07) is 5.22. The van der Waals surface area contributed by atoms with Crippen LogP contribution in [0.5, 0.6) is 11.5 Å². The molecule has 0 radical (unpaired) electrons. The van der Waals surface area contributed by atoms with Crippen LogP contribution in [0.25, 0.3) is 6.08 Å². The first-order chi connectivity index (χ1) is 10.6. The van der Waals surface area contributed by atoms with Gasteiger partial charge in [-0.25, -0.2) is 0 Å². The predicted octanol–water partition coefficient (Wildman–Crippen LogP) is 3.51. The van der Waals surface area contributed by atoms with Crippen LogP contribution >= 0.6 is 0 Å². The molecule has 0 bridgehead atoms. The Morgan fingerprint density at radius 3 is 2.91 bits per heavy atom. The van der Waals surface area contributed by atoms with Crippen LogP contribution < -0.4 is 4.74 Å². The van der Waals surface area contributed by atoms with Crippen LogP contribution in [-0.2, 0) is 4.74 Å². The highest BCUT2D eigenvalue weighted by molar-refractivity contribution is 5.56. The number of epoxide rings is 1. The highest BCUT2D eigenvalue weighted by atomic mass is 16.6. The van der Waals surface area contributed by atoms with Gasteiger partial charge in [0.2, 0.25) is 0 Å². The number of benzene rings is 1. The molecule has 2 N–H and O–H groups in total. The summed E-state index contributed by atoms with van der Waals surface area (Å²) >= 11 is 0. The lowest BCUT2D eigenvalue weighted by molar-refractivity contribution is 0.139. The second kappa shape index (κ2) is 8.20. The lowest BCUT2D eigenvalue weighted by Crippen LogP contribution is -2.10. The molecule has 22 heavy (non-hydrogen) atoms. The summed E-state index contributed by atoms with van der Waals surface area (Å²) in [5.74, 6) is 0.595. The zero-order valence-corrected chi connectivity index (χ0v) is 13.4. The van der Waals surface area contributed by atoms with Crippen molar-refractivity contribution >= 4 is 6.08 Å². The summed E-state index contributed by atoms with van der Waals surface area (Å²) < 4.78 is 10.6. The Balaban J connectivity index is 1.76. The van der Waals surface area contributed by atoms with E-state index in [-0.39, 0.29) is 24.1 Å². The molecular weight excluding hydrogens is 280 g/mol. The van der Waals surface area contributed by atoms with E-state index in [2.05, 4.69) is 6.92 Å². The molecule has 1 aromatic rings. The maximum absolute atomic E-state index is 9.94. The Morgan fingerprint density at radius 1 is 1.36 bits per heavy atom. The second-order valence-electron chi connectivity index (χ2n) is 5.81. The standard InChI is InChI=1S/C18H26O4/c1-3-4-5-6-14(19)12-18-16(22-18)10-8-13-7-9-15(20)17(11-13)21-2/h7-11,14,16,18-20H,3-6,12H2,1-2H3/b10-8+. The zero-order chi connectivity index (χ0) is 15.9. The Morgan fingerprint density at radius 2 is 2.18 bits per heavy atom. The number of ether oxygens (including phenoxy) is 2. The Kier molecular flexibility index (Phi) is 6.28. The van der Waals surface area contributed by atoms with E-state index in [0.29, 0.717) is 12.2 Å². The van der Waals surface area contributed by atoms with Gasteiger partial charge < -0.3 is 19.7 Å². The number of hydrogen-bond donors (Lipinski definition) is 2. The Labute approximate surface area is 132 Å². The number of unbranched alkanes of at least 4 members (excludes halogenated alkanes) is 2. The van der Waals surface area contributed by atoms with Gasteiger partial charge in [-0.2, -0.15) is 0 Å². The van der Waals surface area contributed by atoms with E-state index in [1.807, 2.05) is 18.2 Å². The smallest absolute Gasteiger partial charge is 0.161 e. The summed E-state index contributed by atoms with van der Waals surface area (Å²) in [7, 11) is 1.53. The van der Waals surface area contributed by atoms with Crippen LogP contribution in [0.2, 0.25) is 0 Å². The molecule has 1 aromatic carbocycles.